The highest BCUT2D eigenvalue weighted by atomic mass is 127. The van der Waals surface area contributed by atoms with E-state index in [1.54, 1.807) is 0 Å². The summed E-state index contributed by atoms with van der Waals surface area (Å²) in [7, 11) is 2.16. The minimum absolute atomic E-state index is 0. The Labute approximate surface area is 212 Å². The molecule has 174 valence electrons. The van der Waals surface area contributed by atoms with Gasteiger partial charge < -0.3 is 43.1 Å². The SMILES string of the molecule is CCCCCCOC(=O)OCC1C2c3ccccc3Oc3ccc(Cl)cc3C2C[NH+]1C.[I-]. The van der Waals surface area contributed by atoms with Gasteiger partial charge in [-0.2, -0.15) is 0 Å². The van der Waals surface area contributed by atoms with Gasteiger partial charge >= 0.3 is 6.16 Å². The van der Waals surface area contributed by atoms with Crippen LogP contribution in [0.15, 0.2) is 42.5 Å². The van der Waals surface area contributed by atoms with Crippen molar-refractivity contribution in [2.24, 2.45) is 0 Å². The van der Waals surface area contributed by atoms with Gasteiger partial charge in [-0.3, -0.25) is 0 Å². The maximum absolute atomic E-state index is 12.2. The molecular formula is C25H31ClINO4. The molecule has 2 heterocycles. The van der Waals surface area contributed by atoms with E-state index in [0.29, 0.717) is 18.2 Å². The fourth-order valence-corrected chi connectivity index (χ4v) is 5.13. The average Bonchev–Trinajstić information content (AvgIpc) is 3.02. The molecule has 0 aromatic heterocycles. The van der Waals surface area contributed by atoms with Crippen molar-refractivity contribution in [1.82, 2.24) is 0 Å². The molecule has 0 radical (unpaired) electrons. The topological polar surface area (TPSA) is 49.2 Å². The molecule has 2 aromatic carbocycles. The number of fused-ring (bicyclic) bond motifs is 5. The van der Waals surface area contributed by atoms with Gasteiger partial charge in [0.15, 0.2) is 0 Å². The molecule has 32 heavy (non-hydrogen) atoms. The molecule has 7 heteroatoms. The Kier molecular flexibility index (Phi) is 9.08. The first kappa shape index (κ1) is 25.1. The Morgan fingerprint density at radius 1 is 1.09 bits per heavy atom. The molecule has 1 saturated heterocycles. The fourth-order valence-electron chi connectivity index (χ4n) is 4.95. The molecule has 0 saturated carbocycles. The molecule has 4 rings (SSSR count). The quantitative estimate of drug-likeness (QED) is 0.314. The second-order valence-electron chi connectivity index (χ2n) is 8.58. The number of rotatable bonds is 7. The van der Waals surface area contributed by atoms with Crippen LogP contribution in [0.2, 0.25) is 5.02 Å². The third-order valence-corrected chi connectivity index (χ3v) is 6.74. The third kappa shape index (κ3) is 5.51. The Hall–Kier alpha value is -1.51. The van der Waals surface area contributed by atoms with Crippen LogP contribution in [0, 0.1) is 0 Å². The highest BCUT2D eigenvalue weighted by molar-refractivity contribution is 6.30. The first-order valence-electron chi connectivity index (χ1n) is 11.3. The molecule has 2 aliphatic rings. The van der Waals surface area contributed by atoms with Crippen LogP contribution in [0.1, 0.15) is 55.6 Å². The molecule has 1 fully saturated rings. The van der Waals surface area contributed by atoms with Gasteiger partial charge in [0.25, 0.3) is 0 Å². The molecule has 2 aliphatic heterocycles. The number of hydrogen-bond acceptors (Lipinski definition) is 4. The van der Waals surface area contributed by atoms with E-state index in [0.717, 1.165) is 54.9 Å². The van der Waals surface area contributed by atoms with Crippen molar-refractivity contribution >= 4 is 17.8 Å². The summed E-state index contributed by atoms with van der Waals surface area (Å²) in [6, 6.07) is 14.1. The van der Waals surface area contributed by atoms with E-state index < -0.39 is 6.16 Å². The summed E-state index contributed by atoms with van der Waals surface area (Å²) < 4.78 is 17.1. The number of unbranched alkanes of at least 4 members (excludes halogenated alkanes) is 3. The first-order valence-corrected chi connectivity index (χ1v) is 11.6. The molecule has 4 unspecified atom stereocenters. The predicted molar refractivity (Wildman–Crippen MR) is 120 cm³/mol. The Morgan fingerprint density at radius 2 is 1.88 bits per heavy atom. The minimum Gasteiger partial charge on any atom is -1.00 e. The number of halogens is 2. The van der Waals surface area contributed by atoms with Crippen molar-refractivity contribution in [1.29, 1.82) is 0 Å². The van der Waals surface area contributed by atoms with E-state index >= 15 is 0 Å². The number of carbonyl (C=O) groups excluding carboxylic acids is 1. The van der Waals surface area contributed by atoms with Gasteiger partial charge in [0.2, 0.25) is 0 Å². The summed E-state index contributed by atoms with van der Waals surface area (Å²) >= 11 is 6.34. The number of nitrogens with one attached hydrogen (secondary N) is 1. The number of ether oxygens (including phenoxy) is 3. The second kappa shape index (κ2) is 11.6. The lowest BCUT2D eigenvalue weighted by atomic mass is 9.80. The normalized spacial score (nSPS) is 23.0. The van der Waals surface area contributed by atoms with Crippen molar-refractivity contribution in [3.05, 3.63) is 58.6 Å². The number of likely N-dealkylation sites (N-methyl/N-ethyl adjacent to an activating group) is 1. The zero-order valence-electron chi connectivity index (χ0n) is 18.6. The van der Waals surface area contributed by atoms with E-state index in [1.165, 1.54) is 4.90 Å². The predicted octanol–water partition coefficient (Wildman–Crippen LogP) is 1.95. The van der Waals surface area contributed by atoms with Gasteiger partial charge in [-0.1, -0.05) is 56.0 Å². The second-order valence-corrected chi connectivity index (χ2v) is 9.02. The number of quaternary nitrogens is 1. The maximum Gasteiger partial charge on any atom is 0.508 e. The molecule has 0 aliphatic carbocycles. The van der Waals surface area contributed by atoms with Crippen LogP contribution in [0.4, 0.5) is 4.79 Å². The van der Waals surface area contributed by atoms with Crippen LogP contribution in [0.3, 0.4) is 0 Å². The monoisotopic (exact) mass is 571 g/mol. The molecule has 0 spiro atoms. The smallest absolute Gasteiger partial charge is 0.508 e. The lowest BCUT2D eigenvalue weighted by Gasteiger charge is -2.23. The average molecular weight is 572 g/mol. The number of carbonyl (C=O) groups is 1. The van der Waals surface area contributed by atoms with E-state index in [2.05, 4.69) is 20.0 Å². The van der Waals surface area contributed by atoms with E-state index in [-0.39, 0.29) is 41.9 Å². The lowest BCUT2D eigenvalue weighted by molar-refractivity contribution is -0.893. The summed E-state index contributed by atoms with van der Waals surface area (Å²) in [5.74, 6) is 2.10. The van der Waals surface area contributed by atoms with Gasteiger partial charge in [0.05, 0.1) is 26.1 Å². The van der Waals surface area contributed by atoms with Gasteiger partial charge in [-0.15, -0.1) is 0 Å². The number of para-hydroxylation sites is 1. The van der Waals surface area contributed by atoms with Crippen molar-refractivity contribution in [2.75, 3.05) is 26.8 Å². The van der Waals surface area contributed by atoms with E-state index in [4.69, 9.17) is 25.8 Å². The zero-order chi connectivity index (χ0) is 21.8. The van der Waals surface area contributed by atoms with E-state index in [1.807, 2.05) is 36.4 Å². The molecule has 4 atom stereocenters. The molecule has 0 amide bonds. The zero-order valence-corrected chi connectivity index (χ0v) is 21.5. The largest absolute Gasteiger partial charge is 1.00 e. The maximum atomic E-state index is 12.2. The van der Waals surface area contributed by atoms with Gasteiger partial charge in [-0.05, 0) is 30.7 Å². The van der Waals surface area contributed by atoms with Crippen LogP contribution in [0.25, 0.3) is 0 Å². The summed E-state index contributed by atoms with van der Waals surface area (Å²) in [5, 5.41) is 0.705. The molecule has 1 N–H and O–H groups in total. The summed E-state index contributed by atoms with van der Waals surface area (Å²) in [5.41, 5.74) is 2.27. The highest BCUT2D eigenvalue weighted by Gasteiger charge is 2.49. The van der Waals surface area contributed by atoms with Gasteiger partial charge in [0.1, 0.15) is 24.1 Å². The number of likely N-dealkylation sites (tertiary alicyclic amines) is 1. The summed E-state index contributed by atoms with van der Waals surface area (Å²) in [6.07, 6.45) is 3.69. The van der Waals surface area contributed by atoms with Crippen LogP contribution < -0.4 is 33.6 Å². The van der Waals surface area contributed by atoms with Crippen LogP contribution >= 0.6 is 11.6 Å². The molecule has 0 bridgehead atoms. The minimum atomic E-state index is -0.575. The highest BCUT2D eigenvalue weighted by Crippen LogP contribution is 2.49. The Morgan fingerprint density at radius 3 is 2.69 bits per heavy atom. The number of hydrogen-bond donors (Lipinski definition) is 1. The fraction of sp³-hybridized carbons (Fsp3) is 0.480. The Balaban J connectivity index is 0.00000289. The van der Waals surface area contributed by atoms with Crippen molar-refractivity contribution in [2.45, 2.75) is 50.5 Å². The van der Waals surface area contributed by atoms with Crippen molar-refractivity contribution in [3.63, 3.8) is 0 Å². The van der Waals surface area contributed by atoms with Crippen molar-refractivity contribution in [3.8, 4) is 11.5 Å². The van der Waals surface area contributed by atoms with Gasteiger partial charge in [-0.25, -0.2) is 4.79 Å². The molecule has 2 aromatic rings. The summed E-state index contributed by atoms with van der Waals surface area (Å²) in [4.78, 5) is 13.5. The van der Waals surface area contributed by atoms with Crippen LogP contribution in [-0.2, 0) is 9.47 Å². The lowest BCUT2D eigenvalue weighted by Crippen LogP contribution is -3.11. The Bertz CT molecular complexity index is 925. The first-order chi connectivity index (χ1) is 15.1. The van der Waals surface area contributed by atoms with Gasteiger partial charge in [0, 0.05) is 22.1 Å². The van der Waals surface area contributed by atoms with E-state index in [9.17, 15) is 4.79 Å². The third-order valence-electron chi connectivity index (χ3n) is 6.51. The van der Waals surface area contributed by atoms with Crippen LogP contribution in [0.5, 0.6) is 11.5 Å². The van der Waals surface area contributed by atoms with Crippen LogP contribution in [-0.4, -0.2) is 39.0 Å². The molecule has 5 nitrogen and oxygen atoms in total. The standard InChI is InChI=1S/C25H30ClNO4.HI/c1-3-4-5-8-13-29-25(28)30-16-21-24-18-9-6-7-10-22(18)31-23-12-11-17(26)14-19(23)20(24)15-27(21)2;/h6-7,9-12,14,20-21,24H,3-5,8,13,15-16H2,1-2H3;1H. The molecular weight excluding hydrogens is 541 g/mol. The number of benzene rings is 2. The summed E-state index contributed by atoms with van der Waals surface area (Å²) in [6.45, 7) is 3.80. The van der Waals surface area contributed by atoms with Crippen molar-refractivity contribution < 1.29 is 47.9 Å².